The van der Waals surface area contributed by atoms with Crippen LogP contribution in [0.2, 0.25) is 0 Å². The molecule has 0 saturated carbocycles. The SMILES string of the molecule is CC(=O)c1ccc(S(=O)(=O)N2CCN(C(=O)c3nn(C(C)C)c(=O)c4ccccc34)CC2)cc1. The lowest BCUT2D eigenvalue weighted by atomic mass is 10.1. The molecule has 0 atom stereocenters. The van der Waals surface area contributed by atoms with E-state index in [-0.39, 0.29) is 60.1 Å². The average Bonchev–Trinajstić information content (AvgIpc) is 2.84. The molecule has 34 heavy (non-hydrogen) atoms. The fourth-order valence-corrected chi connectivity index (χ4v) is 5.43. The number of fused-ring (bicyclic) bond motifs is 1. The third-order valence-corrected chi connectivity index (χ3v) is 7.86. The Hall–Kier alpha value is -3.37. The average molecular weight is 483 g/mol. The van der Waals surface area contributed by atoms with E-state index in [0.717, 1.165) is 0 Å². The molecule has 1 saturated heterocycles. The highest BCUT2D eigenvalue weighted by atomic mass is 32.2. The molecular weight excluding hydrogens is 456 g/mol. The fourth-order valence-electron chi connectivity index (χ4n) is 4.01. The molecule has 1 aliphatic heterocycles. The summed E-state index contributed by atoms with van der Waals surface area (Å²) in [7, 11) is -3.75. The molecule has 1 fully saturated rings. The van der Waals surface area contributed by atoms with E-state index < -0.39 is 10.0 Å². The first-order valence-electron chi connectivity index (χ1n) is 11.0. The Labute approximate surface area is 197 Å². The maximum absolute atomic E-state index is 13.4. The lowest BCUT2D eigenvalue weighted by Gasteiger charge is -2.34. The van der Waals surface area contributed by atoms with Gasteiger partial charge in [0, 0.05) is 37.1 Å². The van der Waals surface area contributed by atoms with Gasteiger partial charge in [-0.15, -0.1) is 0 Å². The minimum absolute atomic E-state index is 0.106. The molecule has 0 aliphatic carbocycles. The zero-order chi connectivity index (χ0) is 24.6. The second-order valence-corrected chi connectivity index (χ2v) is 10.5. The van der Waals surface area contributed by atoms with Crippen molar-refractivity contribution in [2.75, 3.05) is 26.2 Å². The second kappa shape index (κ2) is 9.11. The molecule has 178 valence electrons. The third kappa shape index (κ3) is 4.26. The molecule has 1 amide bonds. The summed E-state index contributed by atoms with van der Waals surface area (Å²) in [5.74, 6) is -0.477. The Balaban J connectivity index is 1.56. The Kier molecular flexibility index (Phi) is 6.37. The zero-order valence-electron chi connectivity index (χ0n) is 19.3. The van der Waals surface area contributed by atoms with Gasteiger partial charge in [-0.1, -0.05) is 30.3 Å². The maximum Gasteiger partial charge on any atom is 0.275 e. The van der Waals surface area contributed by atoms with Crippen molar-refractivity contribution >= 4 is 32.5 Å². The summed E-state index contributed by atoms with van der Waals surface area (Å²) in [6.07, 6.45) is 0. The molecule has 0 bridgehead atoms. The van der Waals surface area contributed by atoms with E-state index in [1.807, 2.05) is 13.8 Å². The molecule has 9 nitrogen and oxygen atoms in total. The summed E-state index contributed by atoms with van der Waals surface area (Å²) in [6, 6.07) is 12.5. The number of sulfonamides is 1. The molecule has 1 aromatic heterocycles. The van der Waals surface area contributed by atoms with Crippen LogP contribution >= 0.6 is 0 Å². The van der Waals surface area contributed by atoms with E-state index in [9.17, 15) is 22.8 Å². The Morgan fingerprint density at radius 2 is 1.50 bits per heavy atom. The lowest BCUT2D eigenvalue weighted by molar-refractivity contribution is 0.0691. The molecule has 1 aliphatic rings. The van der Waals surface area contributed by atoms with Crippen LogP contribution in [0.3, 0.4) is 0 Å². The summed E-state index contributed by atoms with van der Waals surface area (Å²) in [5.41, 5.74) is 0.366. The topological polar surface area (TPSA) is 110 Å². The van der Waals surface area contributed by atoms with Crippen molar-refractivity contribution in [1.29, 1.82) is 0 Å². The van der Waals surface area contributed by atoms with E-state index in [1.165, 1.54) is 40.2 Å². The van der Waals surface area contributed by atoms with E-state index >= 15 is 0 Å². The van der Waals surface area contributed by atoms with Crippen LogP contribution in [0, 0.1) is 0 Å². The zero-order valence-corrected chi connectivity index (χ0v) is 20.1. The van der Waals surface area contributed by atoms with Crippen molar-refractivity contribution in [1.82, 2.24) is 19.0 Å². The predicted octanol–water partition coefficient (Wildman–Crippen LogP) is 2.33. The van der Waals surface area contributed by atoms with Crippen LogP contribution in [0.5, 0.6) is 0 Å². The first-order chi connectivity index (χ1) is 16.1. The van der Waals surface area contributed by atoms with Crippen molar-refractivity contribution in [2.24, 2.45) is 0 Å². The van der Waals surface area contributed by atoms with Gasteiger partial charge in [-0.25, -0.2) is 13.1 Å². The first-order valence-corrected chi connectivity index (χ1v) is 12.5. The molecule has 2 aromatic carbocycles. The quantitative estimate of drug-likeness (QED) is 0.516. The van der Waals surface area contributed by atoms with Crippen LogP contribution in [-0.4, -0.2) is 65.3 Å². The molecule has 0 spiro atoms. The molecule has 3 aromatic rings. The number of piperazine rings is 1. The molecular formula is C24H26N4O5S. The second-order valence-electron chi connectivity index (χ2n) is 8.51. The highest BCUT2D eigenvalue weighted by molar-refractivity contribution is 7.89. The summed E-state index contributed by atoms with van der Waals surface area (Å²) >= 11 is 0. The Morgan fingerprint density at radius 1 is 0.912 bits per heavy atom. The number of carbonyl (C=O) groups is 2. The maximum atomic E-state index is 13.4. The predicted molar refractivity (Wildman–Crippen MR) is 127 cm³/mol. The van der Waals surface area contributed by atoms with E-state index in [0.29, 0.717) is 16.3 Å². The number of nitrogens with zero attached hydrogens (tertiary/aromatic N) is 4. The van der Waals surface area contributed by atoms with Gasteiger partial charge in [-0.3, -0.25) is 14.4 Å². The molecule has 0 unspecified atom stereocenters. The van der Waals surface area contributed by atoms with Crippen molar-refractivity contribution in [3.05, 3.63) is 70.1 Å². The molecule has 0 N–H and O–H groups in total. The van der Waals surface area contributed by atoms with Crippen LogP contribution in [0.15, 0.2) is 58.2 Å². The first kappa shape index (κ1) is 23.8. The summed E-state index contributed by atoms with van der Waals surface area (Å²) < 4.78 is 28.7. The van der Waals surface area contributed by atoms with E-state index in [1.54, 1.807) is 29.2 Å². The van der Waals surface area contributed by atoms with Gasteiger partial charge < -0.3 is 4.90 Å². The minimum atomic E-state index is -3.75. The number of benzene rings is 2. The standard InChI is InChI=1S/C24H26N4O5S/c1-16(2)28-23(30)21-7-5-4-6-20(21)22(25-28)24(31)26-12-14-27(15-13-26)34(32,33)19-10-8-18(9-11-19)17(3)29/h4-11,16H,12-15H2,1-3H3. The van der Waals surface area contributed by atoms with Gasteiger partial charge in [0.05, 0.1) is 16.3 Å². The fraction of sp³-hybridized carbons (Fsp3) is 0.333. The number of ketones is 1. The van der Waals surface area contributed by atoms with E-state index in [4.69, 9.17) is 0 Å². The highest BCUT2D eigenvalue weighted by Crippen LogP contribution is 2.21. The number of amides is 1. The van der Waals surface area contributed by atoms with Crippen molar-refractivity contribution < 1.29 is 18.0 Å². The number of hydrogen-bond acceptors (Lipinski definition) is 6. The number of Topliss-reactive ketones (excluding diaryl/α,β-unsaturated/α-hetero) is 1. The smallest absolute Gasteiger partial charge is 0.275 e. The highest BCUT2D eigenvalue weighted by Gasteiger charge is 2.32. The molecule has 10 heteroatoms. The normalized spacial score (nSPS) is 15.1. The van der Waals surface area contributed by atoms with Gasteiger partial charge in [-0.05, 0) is 39.0 Å². The summed E-state index contributed by atoms with van der Waals surface area (Å²) in [6.45, 7) is 5.72. The summed E-state index contributed by atoms with van der Waals surface area (Å²) in [5, 5.41) is 5.27. The van der Waals surface area contributed by atoms with Gasteiger partial charge in [-0.2, -0.15) is 9.40 Å². The van der Waals surface area contributed by atoms with Crippen LogP contribution in [0.1, 0.15) is 47.7 Å². The largest absolute Gasteiger partial charge is 0.335 e. The van der Waals surface area contributed by atoms with Crippen LogP contribution in [0.4, 0.5) is 0 Å². The monoisotopic (exact) mass is 482 g/mol. The van der Waals surface area contributed by atoms with Gasteiger partial charge in [0.2, 0.25) is 10.0 Å². The van der Waals surface area contributed by atoms with E-state index in [2.05, 4.69) is 5.10 Å². The van der Waals surface area contributed by atoms with Gasteiger partial charge in [0.15, 0.2) is 11.5 Å². The number of aromatic nitrogens is 2. The minimum Gasteiger partial charge on any atom is -0.335 e. The Morgan fingerprint density at radius 3 is 2.06 bits per heavy atom. The van der Waals surface area contributed by atoms with Crippen LogP contribution in [0.25, 0.3) is 10.8 Å². The van der Waals surface area contributed by atoms with Gasteiger partial charge >= 0.3 is 0 Å². The van der Waals surface area contributed by atoms with Crippen molar-refractivity contribution in [3.63, 3.8) is 0 Å². The number of hydrogen-bond donors (Lipinski definition) is 0. The van der Waals surface area contributed by atoms with Gasteiger partial charge in [0.25, 0.3) is 11.5 Å². The summed E-state index contributed by atoms with van der Waals surface area (Å²) in [4.78, 5) is 39.3. The van der Waals surface area contributed by atoms with Crippen molar-refractivity contribution in [2.45, 2.75) is 31.7 Å². The Bertz CT molecular complexity index is 1420. The lowest BCUT2D eigenvalue weighted by Crippen LogP contribution is -2.50. The third-order valence-electron chi connectivity index (χ3n) is 5.94. The molecule has 2 heterocycles. The molecule has 4 rings (SSSR count). The molecule has 0 radical (unpaired) electrons. The van der Waals surface area contributed by atoms with Gasteiger partial charge in [0.1, 0.15) is 0 Å². The number of rotatable bonds is 5. The van der Waals surface area contributed by atoms with Crippen LogP contribution in [-0.2, 0) is 10.0 Å². The van der Waals surface area contributed by atoms with Crippen molar-refractivity contribution in [3.8, 4) is 0 Å². The number of carbonyl (C=O) groups excluding carboxylic acids is 2. The van der Waals surface area contributed by atoms with Crippen LogP contribution < -0.4 is 5.56 Å².